The van der Waals surface area contributed by atoms with Gasteiger partial charge in [-0.25, -0.2) is 0 Å². The Morgan fingerprint density at radius 3 is 2.57 bits per heavy atom. The second kappa shape index (κ2) is 5.90. The third-order valence-electron chi connectivity index (χ3n) is 4.34. The van der Waals surface area contributed by atoms with Crippen LogP contribution in [-0.2, 0) is 9.59 Å². The van der Waals surface area contributed by atoms with Gasteiger partial charge in [-0.15, -0.1) is 0 Å². The summed E-state index contributed by atoms with van der Waals surface area (Å²) in [6.45, 7) is 3.70. The number of benzene rings is 1. The molecule has 0 amide bonds. The van der Waals surface area contributed by atoms with E-state index >= 15 is 0 Å². The molecule has 112 valence electrons. The first-order valence-electron chi connectivity index (χ1n) is 6.86. The number of Topliss-reactive ketones (excluding diaryl/α,β-unsaturated/α-hetero) is 3. The monoisotopic (exact) mass is 326 g/mol. The summed E-state index contributed by atoms with van der Waals surface area (Å²) in [5.41, 5.74) is -0.444. The highest BCUT2D eigenvalue weighted by Crippen LogP contribution is 2.38. The molecule has 1 fully saturated rings. The van der Waals surface area contributed by atoms with Gasteiger partial charge in [-0.05, 0) is 31.0 Å². The van der Waals surface area contributed by atoms with Crippen LogP contribution >= 0.6 is 23.2 Å². The maximum atomic E-state index is 12.6. The van der Waals surface area contributed by atoms with Crippen LogP contribution in [0.3, 0.4) is 0 Å². The number of hydrogen-bond acceptors (Lipinski definition) is 3. The van der Waals surface area contributed by atoms with Crippen LogP contribution in [0.2, 0.25) is 10.0 Å². The van der Waals surface area contributed by atoms with Gasteiger partial charge in [-0.2, -0.15) is 0 Å². The highest BCUT2D eigenvalue weighted by atomic mass is 35.5. The molecule has 0 spiro atoms. The molecule has 2 atom stereocenters. The lowest BCUT2D eigenvalue weighted by Gasteiger charge is -2.34. The first kappa shape index (κ1) is 16.2. The first-order valence-corrected chi connectivity index (χ1v) is 7.62. The highest BCUT2D eigenvalue weighted by molar-refractivity contribution is 6.38. The Morgan fingerprint density at radius 1 is 1.33 bits per heavy atom. The van der Waals surface area contributed by atoms with Crippen molar-refractivity contribution in [1.82, 2.24) is 0 Å². The highest BCUT2D eigenvalue weighted by Gasteiger charge is 2.47. The Labute approximate surface area is 133 Å². The summed E-state index contributed by atoms with van der Waals surface area (Å²) in [6, 6.07) is 4.43. The zero-order valence-electron chi connectivity index (χ0n) is 11.9. The van der Waals surface area contributed by atoms with Crippen molar-refractivity contribution in [3.63, 3.8) is 0 Å². The van der Waals surface area contributed by atoms with Gasteiger partial charge in [-0.3, -0.25) is 14.4 Å². The van der Waals surface area contributed by atoms with E-state index in [0.29, 0.717) is 17.9 Å². The molecule has 0 radical (unpaired) electrons. The van der Waals surface area contributed by atoms with E-state index in [1.165, 1.54) is 18.2 Å². The van der Waals surface area contributed by atoms with Gasteiger partial charge in [0.25, 0.3) is 0 Å². The predicted octanol–water partition coefficient (Wildman–Crippen LogP) is 4.14. The van der Waals surface area contributed by atoms with Crippen LogP contribution in [0, 0.1) is 11.3 Å². The summed E-state index contributed by atoms with van der Waals surface area (Å²) in [5, 5.41) is 0.563. The van der Waals surface area contributed by atoms with Crippen molar-refractivity contribution in [1.29, 1.82) is 0 Å². The molecule has 0 saturated heterocycles. The maximum Gasteiger partial charge on any atom is 0.182 e. The minimum absolute atomic E-state index is 0.164. The molecule has 21 heavy (non-hydrogen) atoms. The van der Waals surface area contributed by atoms with Crippen molar-refractivity contribution < 1.29 is 14.4 Å². The van der Waals surface area contributed by atoms with Crippen LogP contribution in [0.15, 0.2) is 18.2 Å². The lowest BCUT2D eigenvalue weighted by molar-refractivity contribution is -0.141. The Bertz CT molecular complexity index is 624. The smallest absolute Gasteiger partial charge is 0.182 e. The molecule has 0 aromatic heterocycles. The van der Waals surface area contributed by atoms with E-state index in [0.717, 1.165) is 0 Å². The van der Waals surface area contributed by atoms with E-state index in [1.807, 2.05) is 13.8 Å². The Hall–Kier alpha value is -1.19. The molecule has 1 aromatic carbocycles. The van der Waals surface area contributed by atoms with Gasteiger partial charge in [0.05, 0.1) is 5.02 Å². The molecular weight excluding hydrogens is 311 g/mol. The number of rotatable bonds is 3. The van der Waals surface area contributed by atoms with E-state index in [4.69, 9.17) is 23.2 Å². The van der Waals surface area contributed by atoms with Crippen molar-refractivity contribution in [2.45, 2.75) is 33.1 Å². The molecular formula is C16H16Cl2O3. The summed E-state index contributed by atoms with van der Waals surface area (Å²) in [4.78, 5) is 37.2. The molecule has 2 rings (SSSR count). The summed E-state index contributed by atoms with van der Waals surface area (Å²) in [5.74, 6) is -2.37. The fourth-order valence-corrected chi connectivity index (χ4v) is 3.12. The maximum absolute atomic E-state index is 12.6. The van der Waals surface area contributed by atoms with Gasteiger partial charge in [0.1, 0.15) is 5.92 Å². The van der Waals surface area contributed by atoms with Crippen LogP contribution in [0.1, 0.15) is 43.5 Å². The van der Waals surface area contributed by atoms with Crippen LogP contribution in [0.5, 0.6) is 0 Å². The van der Waals surface area contributed by atoms with Gasteiger partial charge < -0.3 is 0 Å². The molecule has 2 unspecified atom stereocenters. The van der Waals surface area contributed by atoms with Crippen molar-refractivity contribution in [3.05, 3.63) is 33.8 Å². The topological polar surface area (TPSA) is 51.2 Å². The molecule has 1 aromatic rings. The summed E-state index contributed by atoms with van der Waals surface area (Å²) in [7, 11) is 0. The third-order valence-corrected chi connectivity index (χ3v) is 4.89. The largest absolute Gasteiger partial charge is 0.298 e. The Kier molecular flexibility index (Phi) is 4.54. The molecule has 1 aliphatic carbocycles. The van der Waals surface area contributed by atoms with Gasteiger partial charge >= 0.3 is 0 Å². The van der Waals surface area contributed by atoms with Crippen molar-refractivity contribution >= 4 is 40.6 Å². The number of ketones is 3. The summed E-state index contributed by atoms with van der Waals surface area (Å²) < 4.78 is 0. The number of hydrogen-bond donors (Lipinski definition) is 0. The summed E-state index contributed by atoms with van der Waals surface area (Å²) >= 11 is 11.8. The average Bonchev–Trinajstić information content (AvgIpc) is 2.43. The van der Waals surface area contributed by atoms with Gasteiger partial charge in [0.15, 0.2) is 17.3 Å². The Balaban J connectivity index is 2.41. The van der Waals surface area contributed by atoms with E-state index in [1.54, 1.807) is 0 Å². The molecule has 0 N–H and O–H groups in total. The molecule has 5 heteroatoms. The standard InChI is InChI=1S/C16H16Cl2O3/c1-3-16(2)7-6-12(19)13(15(16)21)14(20)10-5-4-9(17)8-11(10)18/h4-5,8,13H,3,6-7H2,1-2H3. The predicted molar refractivity (Wildman–Crippen MR) is 81.9 cm³/mol. The van der Waals surface area contributed by atoms with E-state index in [9.17, 15) is 14.4 Å². The fourth-order valence-electron chi connectivity index (χ4n) is 2.62. The van der Waals surface area contributed by atoms with Gasteiger partial charge in [0.2, 0.25) is 0 Å². The van der Waals surface area contributed by atoms with Crippen LogP contribution in [-0.4, -0.2) is 17.3 Å². The zero-order valence-corrected chi connectivity index (χ0v) is 13.4. The van der Waals surface area contributed by atoms with E-state index < -0.39 is 17.1 Å². The van der Waals surface area contributed by atoms with Crippen molar-refractivity contribution in [3.8, 4) is 0 Å². The number of carbonyl (C=O) groups is 3. The van der Waals surface area contributed by atoms with Gasteiger partial charge in [0, 0.05) is 22.4 Å². The second-order valence-corrected chi connectivity index (χ2v) is 6.51. The fraction of sp³-hybridized carbons (Fsp3) is 0.438. The summed E-state index contributed by atoms with van der Waals surface area (Å²) in [6.07, 6.45) is 1.36. The average molecular weight is 327 g/mol. The first-order chi connectivity index (χ1) is 9.80. The van der Waals surface area contributed by atoms with Crippen LogP contribution in [0.25, 0.3) is 0 Å². The molecule has 0 bridgehead atoms. The molecule has 0 heterocycles. The lowest BCUT2D eigenvalue weighted by atomic mass is 9.66. The number of carbonyl (C=O) groups excluding carboxylic acids is 3. The molecule has 0 aliphatic heterocycles. The normalized spacial score (nSPS) is 26.0. The minimum atomic E-state index is -1.23. The molecule has 1 saturated carbocycles. The SMILES string of the molecule is CCC1(C)CCC(=O)C(C(=O)c2ccc(Cl)cc2Cl)C1=O. The molecule has 3 nitrogen and oxygen atoms in total. The minimum Gasteiger partial charge on any atom is -0.298 e. The van der Waals surface area contributed by atoms with Crippen LogP contribution < -0.4 is 0 Å². The molecule has 1 aliphatic rings. The lowest BCUT2D eigenvalue weighted by Crippen LogP contribution is -2.46. The van der Waals surface area contributed by atoms with Crippen molar-refractivity contribution in [2.24, 2.45) is 11.3 Å². The van der Waals surface area contributed by atoms with Crippen LogP contribution in [0.4, 0.5) is 0 Å². The second-order valence-electron chi connectivity index (χ2n) is 5.67. The van der Waals surface area contributed by atoms with E-state index in [-0.39, 0.29) is 28.6 Å². The van der Waals surface area contributed by atoms with Crippen molar-refractivity contribution in [2.75, 3.05) is 0 Å². The zero-order chi connectivity index (χ0) is 15.8. The van der Waals surface area contributed by atoms with Gasteiger partial charge in [-0.1, -0.05) is 37.0 Å². The Morgan fingerprint density at radius 2 is 2.00 bits per heavy atom. The number of halogens is 2. The quantitative estimate of drug-likeness (QED) is 0.619. The third kappa shape index (κ3) is 2.90. The van der Waals surface area contributed by atoms with E-state index in [2.05, 4.69) is 0 Å².